The van der Waals surface area contributed by atoms with Gasteiger partial charge < -0.3 is 16.0 Å². The number of aromatic nitrogens is 3. The lowest BCUT2D eigenvalue weighted by Crippen LogP contribution is -2.32. The SMILES string of the molecule is CC1CCCC1Nc1nc(N)nc(N2CCCCC2)n1. The molecule has 2 heterocycles. The summed E-state index contributed by atoms with van der Waals surface area (Å²) < 4.78 is 0. The number of piperidine rings is 1. The van der Waals surface area contributed by atoms with Gasteiger partial charge in [-0.2, -0.15) is 15.0 Å². The number of anilines is 3. The van der Waals surface area contributed by atoms with Crippen molar-refractivity contribution in [2.24, 2.45) is 5.92 Å². The molecule has 110 valence electrons. The van der Waals surface area contributed by atoms with Gasteiger partial charge >= 0.3 is 0 Å². The van der Waals surface area contributed by atoms with Crippen molar-refractivity contribution in [1.29, 1.82) is 0 Å². The molecule has 3 rings (SSSR count). The molecule has 1 aromatic rings. The first-order chi connectivity index (χ1) is 9.72. The van der Waals surface area contributed by atoms with Crippen LogP contribution in [0, 0.1) is 5.92 Å². The van der Waals surface area contributed by atoms with Gasteiger partial charge in [0.25, 0.3) is 0 Å². The van der Waals surface area contributed by atoms with Gasteiger partial charge in [0.1, 0.15) is 0 Å². The fourth-order valence-electron chi connectivity index (χ4n) is 3.21. The highest BCUT2D eigenvalue weighted by atomic mass is 15.3. The topological polar surface area (TPSA) is 80.0 Å². The standard InChI is InChI=1S/C14H24N6/c1-10-6-5-7-11(10)16-13-17-12(15)18-14(19-13)20-8-3-2-4-9-20/h10-11H,2-9H2,1H3,(H3,15,16,17,18,19). The van der Waals surface area contributed by atoms with Gasteiger partial charge in [0, 0.05) is 19.1 Å². The molecule has 2 fully saturated rings. The van der Waals surface area contributed by atoms with Crippen LogP contribution in [0.25, 0.3) is 0 Å². The maximum Gasteiger partial charge on any atom is 0.231 e. The first kappa shape index (κ1) is 13.4. The molecule has 2 atom stereocenters. The Hall–Kier alpha value is -1.59. The van der Waals surface area contributed by atoms with E-state index in [1.54, 1.807) is 0 Å². The number of nitrogens with zero attached hydrogens (tertiary/aromatic N) is 4. The van der Waals surface area contributed by atoms with Gasteiger partial charge in [-0.05, 0) is 38.0 Å². The first-order valence-corrected chi connectivity index (χ1v) is 7.75. The van der Waals surface area contributed by atoms with E-state index in [-0.39, 0.29) is 0 Å². The van der Waals surface area contributed by atoms with E-state index in [4.69, 9.17) is 5.73 Å². The molecule has 2 unspecified atom stereocenters. The van der Waals surface area contributed by atoms with E-state index >= 15 is 0 Å². The average molecular weight is 276 g/mol. The Morgan fingerprint density at radius 2 is 1.85 bits per heavy atom. The van der Waals surface area contributed by atoms with Crippen molar-refractivity contribution in [3.05, 3.63) is 0 Å². The van der Waals surface area contributed by atoms with Crippen LogP contribution < -0.4 is 16.0 Å². The van der Waals surface area contributed by atoms with E-state index in [2.05, 4.69) is 32.1 Å². The molecule has 1 saturated heterocycles. The molecule has 1 aromatic heterocycles. The van der Waals surface area contributed by atoms with Crippen molar-refractivity contribution in [3.8, 4) is 0 Å². The van der Waals surface area contributed by atoms with Crippen molar-refractivity contribution < 1.29 is 0 Å². The maximum absolute atomic E-state index is 5.85. The summed E-state index contributed by atoms with van der Waals surface area (Å²) in [6, 6.07) is 0.464. The van der Waals surface area contributed by atoms with Crippen molar-refractivity contribution in [2.75, 3.05) is 29.0 Å². The molecule has 1 saturated carbocycles. The van der Waals surface area contributed by atoms with E-state index in [0.717, 1.165) is 19.0 Å². The monoisotopic (exact) mass is 276 g/mol. The normalized spacial score (nSPS) is 26.8. The quantitative estimate of drug-likeness (QED) is 0.879. The lowest BCUT2D eigenvalue weighted by atomic mass is 10.1. The predicted molar refractivity (Wildman–Crippen MR) is 80.7 cm³/mol. The summed E-state index contributed by atoms with van der Waals surface area (Å²) >= 11 is 0. The smallest absolute Gasteiger partial charge is 0.231 e. The number of nitrogen functional groups attached to an aromatic ring is 1. The summed E-state index contributed by atoms with van der Waals surface area (Å²) in [5.41, 5.74) is 5.85. The highest BCUT2D eigenvalue weighted by Crippen LogP contribution is 2.27. The van der Waals surface area contributed by atoms with Crippen molar-refractivity contribution >= 4 is 17.8 Å². The zero-order chi connectivity index (χ0) is 13.9. The Balaban J connectivity index is 1.75. The molecule has 3 N–H and O–H groups in total. The molecular formula is C14H24N6. The Labute approximate surface area is 120 Å². The predicted octanol–water partition coefficient (Wildman–Crippen LogP) is 2.04. The van der Waals surface area contributed by atoms with Gasteiger partial charge in [0.2, 0.25) is 17.8 Å². The van der Waals surface area contributed by atoms with Gasteiger partial charge in [-0.1, -0.05) is 13.3 Å². The zero-order valence-electron chi connectivity index (χ0n) is 12.2. The number of nitrogens with two attached hydrogens (primary N) is 1. The Morgan fingerprint density at radius 3 is 2.55 bits per heavy atom. The van der Waals surface area contributed by atoms with Crippen LogP contribution in [0.15, 0.2) is 0 Å². The fraction of sp³-hybridized carbons (Fsp3) is 0.786. The van der Waals surface area contributed by atoms with Gasteiger partial charge in [0.15, 0.2) is 0 Å². The molecule has 0 aromatic carbocycles. The van der Waals surface area contributed by atoms with Gasteiger partial charge in [0.05, 0.1) is 0 Å². The molecule has 1 aliphatic heterocycles. The van der Waals surface area contributed by atoms with Gasteiger partial charge in [-0.25, -0.2) is 0 Å². The second-order valence-corrected chi connectivity index (χ2v) is 6.02. The summed E-state index contributed by atoms with van der Waals surface area (Å²) in [5, 5.41) is 3.44. The van der Waals surface area contributed by atoms with Gasteiger partial charge in [-0.3, -0.25) is 0 Å². The number of hydrogen-bond donors (Lipinski definition) is 2. The van der Waals surface area contributed by atoms with Crippen molar-refractivity contribution in [1.82, 2.24) is 15.0 Å². The third-order valence-electron chi connectivity index (χ3n) is 4.46. The number of nitrogens with one attached hydrogen (secondary N) is 1. The summed E-state index contributed by atoms with van der Waals surface area (Å²) in [4.78, 5) is 15.3. The van der Waals surface area contributed by atoms with Crippen LogP contribution in [0.5, 0.6) is 0 Å². The summed E-state index contributed by atoms with van der Waals surface area (Å²) in [6.07, 6.45) is 7.44. The van der Waals surface area contributed by atoms with E-state index in [9.17, 15) is 0 Å². The first-order valence-electron chi connectivity index (χ1n) is 7.75. The highest BCUT2D eigenvalue weighted by Gasteiger charge is 2.24. The summed E-state index contributed by atoms with van der Waals surface area (Å²) in [6.45, 7) is 4.31. The van der Waals surface area contributed by atoms with E-state index < -0.39 is 0 Å². The lowest BCUT2D eigenvalue weighted by molar-refractivity contribution is 0.550. The molecule has 2 aliphatic rings. The van der Waals surface area contributed by atoms with Crippen molar-refractivity contribution in [3.63, 3.8) is 0 Å². The van der Waals surface area contributed by atoms with E-state index in [1.807, 2.05) is 0 Å². The van der Waals surface area contributed by atoms with Crippen molar-refractivity contribution in [2.45, 2.75) is 51.5 Å². The Bertz CT molecular complexity index is 457. The van der Waals surface area contributed by atoms with Crippen LogP contribution in [0.1, 0.15) is 45.4 Å². The van der Waals surface area contributed by atoms with Crippen LogP contribution in [0.2, 0.25) is 0 Å². The molecule has 6 nitrogen and oxygen atoms in total. The molecule has 0 amide bonds. The second kappa shape index (κ2) is 5.81. The molecule has 0 radical (unpaired) electrons. The summed E-state index contributed by atoms with van der Waals surface area (Å²) in [7, 11) is 0. The molecule has 20 heavy (non-hydrogen) atoms. The minimum Gasteiger partial charge on any atom is -0.368 e. The Kier molecular flexibility index (Phi) is 3.89. The fourth-order valence-corrected chi connectivity index (χ4v) is 3.21. The average Bonchev–Trinajstić information content (AvgIpc) is 2.85. The number of rotatable bonds is 3. The van der Waals surface area contributed by atoms with E-state index in [1.165, 1.54) is 38.5 Å². The lowest BCUT2D eigenvalue weighted by Gasteiger charge is -2.27. The zero-order valence-corrected chi connectivity index (χ0v) is 12.2. The van der Waals surface area contributed by atoms with Crippen LogP contribution in [-0.2, 0) is 0 Å². The largest absolute Gasteiger partial charge is 0.368 e. The number of hydrogen-bond acceptors (Lipinski definition) is 6. The third-order valence-corrected chi connectivity index (χ3v) is 4.46. The van der Waals surface area contributed by atoms with Crippen LogP contribution in [-0.4, -0.2) is 34.1 Å². The molecule has 6 heteroatoms. The molecule has 0 bridgehead atoms. The Morgan fingerprint density at radius 1 is 1.05 bits per heavy atom. The third kappa shape index (κ3) is 2.94. The maximum atomic E-state index is 5.85. The molecule has 0 spiro atoms. The summed E-state index contributed by atoms with van der Waals surface area (Å²) in [5.74, 6) is 2.35. The minimum absolute atomic E-state index is 0.314. The van der Waals surface area contributed by atoms with Crippen LogP contribution >= 0.6 is 0 Å². The van der Waals surface area contributed by atoms with E-state index in [0.29, 0.717) is 23.9 Å². The molecule has 1 aliphatic carbocycles. The minimum atomic E-state index is 0.314. The molecular weight excluding hydrogens is 252 g/mol. The van der Waals surface area contributed by atoms with Crippen LogP contribution in [0.4, 0.5) is 17.8 Å². The highest BCUT2D eigenvalue weighted by molar-refractivity contribution is 5.42. The van der Waals surface area contributed by atoms with Gasteiger partial charge in [-0.15, -0.1) is 0 Å². The second-order valence-electron chi connectivity index (χ2n) is 6.02. The van der Waals surface area contributed by atoms with Crippen LogP contribution in [0.3, 0.4) is 0 Å².